The SMILES string of the molecule is Cc1cccc(C(=O)N(CCBr)C2CC2)n1. The Labute approximate surface area is 104 Å². The number of carbonyl (C=O) groups excluding carboxylic acids is 1. The molecule has 16 heavy (non-hydrogen) atoms. The zero-order valence-electron chi connectivity index (χ0n) is 9.32. The first-order chi connectivity index (χ1) is 7.72. The molecule has 0 saturated heterocycles. The number of pyridine rings is 1. The van der Waals surface area contributed by atoms with E-state index < -0.39 is 0 Å². The van der Waals surface area contributed by atoms with Crippen LogP contribution in [0.3, 0.4) is 0 Å². The third kappa shape index (κ3) is 2.61. The summed E-state index contributed by atoms with van der Waals surface area (Å²) in [6.45, 7) is 2.67. The summed E-state index contributed by atoms with van der Waals surface area (Å²) in [5, 5.41) is 0.820. The Bertz CT molecular complexity index is 390. The monoisotopic (exact) mass is 282 g/mol. The first kappa shape index (κ1) is 11.6. The Hall–Kier alpha value is -0.900. The Morgan fingerprint density at radius 3 is 2.88 bits per heavy atom. The molecule has 1 aliphatic carbocycles. The number of halogens is 1. The van der Waals surface area contributed by atoms with Crippen LogP contribution in [0.25, 0.3) is 0 Å². The van der Waals surface area contributed by atoms with Crippen LogP contribution in [0.4, 0.5) is 0 Å². The molecule has 86 valence electrons. The first-order valence-electron chi connectivity index (χ1n) is 5.53. The molecule has 0 bridgehead atoms. The van der Waals surface area contributed by atoms with Crippen LogP contribution in [0.5, 0.6) is 0 Å². The number of carbonyl (C=O) groups is 1. The van der Waals surface area contributed by atoms with Crippen LogP contribution in [0.2, 0.25) is 0 Å². The number of aromatic nitrogens is 1. The van der Waals surface area contributed by atoms with Crippen LogP contribution in [-0.2, 0) is 0 Å². The third-order valence-corrected chi connectivity index (χ3v) is 3.04. The van der Waals surface area contributed by atoms with Gasteiger partial charge in [-0.2, -0.15) is 0 Å². The molecule has 0 radical (unpaired) electrons. The maximum atomic E-state index is 12.2. The van der Waals surface area contributed by atoms with E-state index in [4.69, 9.17) is 0 Å². The van der Waals surface area contributed by atoms with Gasteiger partial charge in [0, 0.05) is 23.6 Å². The minimum absolute atomic E-state index is 0.0608. The van der Waals surface area contributed by atoms with Crippen LogP contribution in [0, 0.1) is 6.92 Å². The van der Waals surface area contributed by atoms with Crippen LogP contribution in [0.15, 0.2) is 18.2 Å². The summed E-state index contributed by atoms with van der Waals surface area (Å²) in [7, 11) is 0. The summed E-state index contributed by atoms with van der Waals surface area (Å²) >= 11 is 3.39. The van der Waals surface area contributed by atoms with Gasteiger partial charge in [0.2, 0.25) is 0 Å². The van der Waals surface area contributed by atoms with Crippen molar-refractivity contribution in [3.8, 4) is 0 Å². The molecule has 0 spiro atoms. The molecule has 1 fully saturated rings. The summed E-state index contributed by atoms with van der Waals surface area (Å²) in [5.41, 5.74) is 1.45. The summed E-state index contributed by atoms with van der Waals surface area (Å²) in [6, 6.07) is 6.02. The highest BCUT2D eigenvalue weighted by molar-refractivity contribution is 9.09. The zero-order valence-corrected chi connectivity index (χ0v) is 10.9. The van der Waals surface area contributed by atoms with Gasteiger partial charge in [0.25, 0.3) is 5.91 Å². The maximum Gasteiger partial charge on any atom is 0.272 e. The molecule has 4 heteroatoms. The van der Waals surface area contributed by atoms with Crippen LogP contribution in [0.1, 0.15) is 29.0 Å². The number of hydrogen-bond donors (Lipinski definition) is 0. The lowest BCUT2D eigenvalue weighted by Crippen LogP contribution is -2.35. The lowest BCUT2D eigenvalue weighted by molar-refractivity contribution is 0.0748. The molecule has 3 nitrogen and oxygen atoms in total. The molecule has 0 aromatic carbocycles. The second kappa shape index (κ2) is 4.95. The van der Waals surface area contributed by atoms with Crippen molar-refractivity contribution in [2.24, 2.45) is 0 Å². The molecule has 0 aliphatic heterocycles. The smallest absolute Gasteiger partial charge is 0.272 e. The number of amides is 1. The Balaban J connectivity index is 2.15. The molecule has 1 heterocycles. The topological polar surface area (TPSA) is 33.2 Å². The van der Waals surface area contributed by atoms with Gasteiger partial charge >= 0.3 is 0 Å². The molecule has 0 N–H and O–H groups in total. The van der Waals surface area contributed by atoms with E-state index in [-0.39, 0.29) is 5.91 Å². The van der Waals surface area contributed by atoms with E-state index >= 15 is 0 Å². The molecule has 0 unspecified atom stereocenters. The average molecular weight is 283 g/mol. The van der Waals surface area contributed by atoms with Crippen molar-refractivity contribution < 1.29 is 4.79 Å². The van der Waals surface area contributed by atoms with E-state index in [1.165, 1.54) is 0 Å². The molecular formula is C12H15BrN2O. The minimum Gasteiger partial charge on any atom is -0.333 e. The fraction of sp³-hybridized carbons (Fsp3) is 0.500. The van der Waals surface area contributed by atoms with Crippen molar-refractivity contribution in [1.29, 1.82) is 0 Å². The lowest BCUT2D eigenvalue weighted by atomic mass is 10.2. The highest BCUT2D eigenvalue weighted by atomic mass is 79.9. The Morgan fingerprint density at radius 2 is 2.31 bits per heavy atom. The summed E-state index contributed by atoms with van der Waals surface area (Å²) in [5.74, 6) is 0.0608. The fourth-order valence-electron chi connectivity index (χ4n) is 1.74. The Kier molecular flexibility index (Phi) is 3.59. The third-order valence-electron chi connectivity index (χ3n) is 2.68. The molecule has 2 rings (SSSR count). The van der Waals surface area contributed by atoms with Crippen LogP contribution >= 0.6 is 15.9 Å². The first-order valence-corrected chi connectivity index (χ1v) is 6.65. The van der Waals surface area contributed by atoms with Gasteiger partial charge in [0.15, 0.2) is 0 Å². The highest BCUT2D eigenvalue weighted by Crippen LogP contribution is 2.27. The molecule has 0 atom stereocenters. The molecule has 1 aromatic rings. The van der Waals surface area contributed by atoms with E-state index in [0.717, 1.165) is 30.4 Å². The van der Waals surface area contributed by atoms with Gasteiger partial charge in [-0.1, -0.05) is 22.0 Å². The van der Waals surface area contributed by atoms with Gasteiger partial charge in [-0.15, -0.1) is 0 Å². The van der Waals surface area contributed by atoms with Gasteiger partial charge in [0.1, 0.15) is 5.69 Å². The number of hydrogen-bond acceptors (Lipinski definition) is 2. The fourth-order valence-corrected chi connectivity index (χ4v) is 2.12. The van der Waals surface area contributed by atoms with Gasteiger partial charge in [-0.3, -0.25) is 4.79 Å². The van der Waals surface area contributed by atoms with E-state index in [2.05, 4.69) is 20.9 Å². The van der Waals surface area contributed by atoms with Crippen LogP contribution in [-0.4, -0.2) is 33.7 Å². The van der Waals surface area contributed by atoms with E-state index in [0.29, 0.717) is 11.7 Å². The van der Waals surface area contributed by atoms with Gasteiger partial charge in [0.05, 0.1) is 0 Å². The van der Waals surface area contributed by atoms with Gasteiger partial charge < -0.3 is 4.90 Å². The van der Waals surface area contributed by atoms with Gasteiger partial charge in [-0.05, 0) is 31.9 Å². The minimum atomic E-state index is 0.0608. The van der Waals surface area contributed by atoms with Crippen LogP contribution < -0.4 is 0 Å². The van der Waals surface area contributed by atoms with E-state index in [9.17, 15) is 4.79 Å². The number of nitrogens with zero attached hydrogens (tertiary/aromatic N) is 2. The normalized spacial score (nSPS) is 14.9. The second-order valence-electron chi connectivity index (χ2n) is 4.08. The second-order valence-corrected chi connectivity index (χ2v) is 4.88. The Morgan fingerprint density at radius 1 is 1.56 bits per heavy atom. The average Bonchev–Trinajstić information content (AvgIpc) is 3.09. The zero-order chi connectivity index (χ0) is 11.5. The molecule has 1 saturated carbocycles. The number of aryl methyl sites for hydroxylation is 1. The van der Waals surface area contributed by atoms with Crippen molar-refractivity contribution in [2.45, 2.75) is 25.8 Å². The summed E-state index contributed by atoms with van der Waals surface area (Å²) < 4.78 is 0. The van der Waals surface area contributed by atoms with Crippen molar-refractivity contribution >= 4 is 21.8 Å². The lowest BCUT2D eigenvalue weighted by Gasteiger charge is -2.20. The number of alkyl halides is 1. The maximum absolute atomic E-state index is 12.2. The van der Waals surface area contributed by atoms with Crippen molar-refractivity contribution in [3.05, 3.63) is 29.6 Å². The largest absolute Gasteiger partial charge is 0.333 e. The summed E-state index contributed by atoms with van der Waals surface area (Å²) in [6.07, 6.45) is 2.26. The van der Waals surface area contributed by atoms with E-state index in [1.54, 1.807) is 6.07 Å². The van der Waals surface area contributed by atoms with Crippen molar-refractivity contribution in [3.63, 3.8) is 0 Å². The molecule has 1 aliphatic rings. The van der Waals surface area contributed by atoms with Crippen molar-refractivity contribution in [2.75, 3.05) is 11.9 Å². The summed E-state index contributed by atoms with van der Waals surface area (Å²) in [4.78, 5) is 18.4. The molecular weight excluding hydrogens is 268 g/mol. The van der Waals surface area contributed by atoms with Gasteiger partial charge in [-0.25, -0.2) is 4.98 Å². The number of rotatable bonds is 4. The molecule has 1 aromatic heterocycles. The standard InChI is InChI=1S/C12H15BrN2O/c1-9-3-2-4-11(14-9)12(16)15(8-7-13)10-5-6-10/h2-4,10H,5-8H2,1H3. The highest BCUT2D eigenvalue weighted by Gasteiger charge is 2.32. The van der Waals surface area contributed by atoms with E-state index in [1.807, 2.05) is 24.0 Å². The quantitative estimate of drug-likeness (QED) is 0.795. The molecule has 1 amide bonds. The predicted octanol–water partition coefficient (Wildman–Crippen LogP) is 2.39. The van der Waals surface area contributed by atoms with Crippen molar-refractivity contribution in [1.82, 2.24) is 9.88 Å². The predicted molar refractivity (Wildman–Crippen MR) is 66.8 cm³/mol.